The minimum Gasteiger partial charge on any atom is -0.497 e. The number of ether oxygens (including phenoxy) is 1. The van der Waals surface area contributed by atoms with E-state index in [1.54, 1.807) is 24.3 Å². The van der Waals surface area contributed by atoms with E-state index in [2.05, 4.69) is 4.90 Å². The zero-order valence-electron chi connectivity index (χ0n) is 14.8. The van der Waals surface area contributed by atoms with Crippen LogP contribution in [0, 0.1) is 0 Å². The SMILES string of the molecule is COc1ccc(C(=O)N2C[C@H]3CCCN3c3ccc(C(F)(F)F)cc32)cc1. The second-order valence-electron chi connectivity index (χ2n) is 6.83. The fraction of sp³-hybridized carbons (Fsp3) is 0.350. The summed E-state index contributed by atoms with van der Waals surface area (Å²) in [7, 11) is 1.53. The molecule has 1 atom stereocenters. The van der Waals surface area contributed by atoms with Crippen molar-refractivity contribution >= 4 is 17.3 Å². The summed E-state index contributed by atoms with van der Waals surface area (Å²) in [4.78, 5) is 16.7. The fourth-order valence-corrected chi connectivity index (χ4v) is 3.89. The lowest BCUT2D eigenvalue weighted by molar-refractivity contribution is -0.137. The van der Waals surface area contributed by atoms with Crippen LogP contribution in [0.5, 0.6) is 5.75 Å². The molecule has 0 bridgehead atoms. The van der Waals surface area contributed by atoms with Gasteiger partial charge in [0.25, 0.3) is 5.91 Å². The molecule has 142 valence electrons. The maximum Gasteiger partial charge on any atom is 0.416 e. The number of hydrogen-bond donors (Lipinski definition) is 0. The van der Waals surface area contributed by atoms with Crippen molar-refractivity contribution in [2.45, 2.75) is 25.1 Å². The molecule has 1 saturated heterocycles. The van der Waals surface area contributed by atoms with Crippen LogP contribution in [0.2, 0.25) is 0 Å². The summed E-state index contributed by atoms with van der Waals surface area (Å²) in [6.45, 7) is 1.19. The van der Waals surface area contributed by atoms with Crippen molar-refractivity contribution in [2.75, 3.05) is 30.0 Å². The molecular formula is C20H19F3N2O2. The molecular weight excluding hydrogens is 357 g/mol. The van der Waals surface area contributed by atoms with Gasteiger partial charge in [-0.1, -0.05) is 0 Å². The van der Waals surface area contributed by atoms with Gasteiger partial charge in [0, 0.05) is 24.7 Å². The standard InChI is InChI=1S/C20H19F3N2O2/c1-27-16-7-4-13(5-8-16)19(26)25-12-15-3-2-10-24(15)17-9-6-14(11-18(17)25)20(21,22)23/h4-9,11,15H,2-3,10,12H2,1H3/t15-/m1/s1. The van der Waals surface area contributed by atoms with Gasteiger partial charge in [0.05, 0.1) is 24.0 Å². The minimum absolute atomic E-state index is 0.136. The molecule has 4 rings (SSSR count). The normalized spacial score (nSPS) is 18.9. The van der Waals surface area contributed by atoms with Crippen LogP contribution in [0.1, 0.15) is 28.8 Å². The first-order chi connectivity index (χ1) is 12.9. The lowest BCUT2D eigenvalue weighted by Crippen LogP contribution is -2.48. The average Bonchev–Trinajstić information content (AvgIpc) is 3.14. The second kappa shape index (κ2) is 6.48. The van der Waals surface area contributed by atoms with E-state index in [9.17, 15) is 18.0 Å². The maximum atomic E-state index is 13.2. The summed E-state index contributed by atoms with van der Waals surface area (Å²) in [6, 6.07) is 10.4. The van der Waals surface area contributed by atoms with E-state index in [1.165, 1.54) is 18.1 Å². The third-order valence-electron chi connectivity index (χ3n) is 5.26. The lowest BCUT2D eigenvalue weighted by atomic mass is 10.0. The Labute approximate surface area is 155 Å². The van der Waals surface area contributed by atoms with Crippen molar-refractivity contribution in [3.8, 4) is 5.75 Å². The fourth-order valence-electron chi connectivity index (χ4n) is 3.89. The zero-order valence-corrected chi connectivity index (χ0v) is 14.8. The minimum atomic E-state index is -4.45. The topological polar surface area (TPSA) is 32.8 Å². The molecule has 2 aliphatic rings. The van der Waals surface area contributed by atoms with E-state index in [0.717, 1.165) is 31.5 Å². The van der Waals surface area contributed by atoms with E-state index in [0.29, 0.717) is 29.2 Å². The zero-order chi connectivity index (χ0) is 19.2. The van der Waals surface area contributed by atoms with Crippen molar-refractivity contribution in [1.29, 1.82) is 0 Å². The molecule has 0 unspecified atom stereocenters. The lowest BCUT2D eigenvalue weighted by Gasteiger charge is -2.40. The van der Waals surface area contributed by atoms with Crippen LogP contribution in [0.4, 0.5) is 24.5 Å². The largest absolute Gasteiger partial charge is 0.497 e. The van der Waals surface area contributed by atoms with Gasteiger partial charge >= 0.3 is 6.18 Å². The highest BCUT2D eigenvalue weighted by Gasteiger charge is 2.39. The number of anilines is 2. The number of methoxy groups -OCH3 is 1. The van der Waals surface area contributed by atoms with Gasteiger partial charge in [-0.2, -0.15) is 13.2 Å². The first-order valence-corrected chi connectivity index (χ1v) is 8.82. The molecule has 0 saturated carbocycles. The summed E-state index contributed by atoms with van der Waals surface area (Å²) in [5.74, 6) is 0.316. The Morgan fingerprint density at radius 2 is 1.85 bits per heavy atom. The van der Waals surface area contributed by atoms with E-state index in [4.69, 9.17) is 4.74 Å². The van der Waals surface area contributed by atoms with Crippen LogP contribution in [-0.2, 0) is 6.18 Å². The average molecular weight is 376 g/mol. The molecule has 0 aromatic heterocycles. The van der Waals surface area contributed by atoms with E-state index in [1.807, 2.05) is 0 Å². The summed E-state index contributed by atoms with van der Waals surface area (Å²) in [6.07, 6.45) is -2.56. The molecule has 0 N–H and O–H groups in total. The van der Waals surface area contributed by atoms with Crippen molar-refractivity contribution in [1.82, 2.24) is 0 Å². The smallest absolute Gasteiger partial charge is 0.416 e. The number of hydrogen-bond acceptors (Lipinski definition) is 3. The number of nitrogens with zero attached hydrogens (tertiary/aromatic N) is 2. The monoisotopic (exact) mass is 376 g/mol. The molecule has 2 heterocycles. The Morgan fingerprint density at radius 1 is 1.11 bits per heavy atom. The Kier molecular flexibility index (Phi) is 4.25. The second-order valence-corrected chi connectivity index (χ2v) is 6.83. The maximum absolute atomic E-state index is 13.2. The molecule has 2 aliphatic heterocycles. The molecule has 4 nitrogen and oxygen atoms in total. The molecule has 7 heteroatoms. The number of rotatable bonds is 2. The molecule has 1 amide bonds. The molecule has 0 aliphatic carbocycles. The van der Waals surface area contributed by atoms with Gasteiger partial charge in [-0.05, 0) is 55.3 Å². The molecule has 27 heavy (non-hydrogen) atoms. The quantitative estimate of drug-likeness (QED) is 0.782. The summed E-state index contributed by atoms with van der Waals surface area (Å²) >= 11 is 0. The van der Waals surface area contributed by atoms with Crippen LogP contribution >= 0.6 is 0 Å². The highest BCUT2D eigenvalue weighted by atomic mass is 19.4. The van der Waals surface area contributed by atoms with Gasteiger partial charge in [0.1, 0.15) is 5.75 Å². The molecule has 2 aromatic carbocycles. The number of carbonyl (C=O) groups is 1. The van der Waals surface area contributed by atoms with E-state index in [-0.39, 0.29) is 11.9 Å². The third kappa shape index (κ3) is 3.11. The van der Waals surface area contributed by atoms with Gasteiger partial charge in [-0.25, -0.2) is 0 Å². The van der Waals surface area contributed by atoms with Crippen molar-refractivity contribution < 1.29 is 22.7 Å². The van der Waals surface area contributed by atoms with Crippen molar-refractivity contribution in [3.63, 3.8) is 0 Å². The number of carbonyl (C=O) groups excluding carboxylic acids is 1. The number of alkyl halides is 3. The Hall–Kier alpha value is -2.70. The predicted molar refractivity (Wildman–Crippen MR) is 96.5 cm³/mol. The van der Waals surface area contributed by atoms with Crippen LogP contribution in [-0.4, -0.2) is 32.1 Å². The van der Waals surface area contributed by atoms with Gasteiger partial charge in [-0.15, -0.1) is 0 Å². The molecule has 0 spiro atoms. The van der Waals surface area contributed by atoms with Crippen molar-refractivity contribution in [3.05, 3.63) is 53.6 Å². The van der Waals surface area contributed by atoms with Crippen LogP contribution in [0.15, 0.2) is 42.5 Å². The van der Waals surface area contributed by atoms with Crippen LogP contribution in [0.3, 0.4) is 0 Å². The van der Waals surface area contributed by atoms with Gasteiger partial charge in [0.15, 0.2) is 0 Å². The first kappa shape index (κ1) is 17.7. The Bertz CT molecular complexity index is 865. The van der Waals surface area contributed by atoms with Gasteiger partial charge in [-0.3, -0.25) is 4.79 Å². The summed E-state index contributed by atoms with van der Waals surface area (Å²) in [5.41, 5.74) is 0.694. The third-order valence-corrected chi connectivity index (χ3v) is 5.26. The van der Waals surface area contributed by atoms with Gasteiger partial charge in [0.2, 0.25) is 0 Å². The van der Waals surface area contributed by atoms with E-state index < -0.39 is 11.7 Å². The molecule has 1 fully saturated rings. The van der Waals surface area contributed by atoms with Crippen LogP contribution in [0.25, 0.3) is 0 Å². The number of amides is 1. The number of benzene rings is 2. The molecule has 0 radical (unpaired) electrons. The predicted octanol–water partition coefficient (Wildman–Crippen LogP) is 4.34. The van der Waals surface area contributed by atoms with E-state index >= 15 is 0 Å². The highest BCUT2D eigenvalue weighted by molar-refractivity contribution is 6.08. The highest BCUT2D eigenvalue weighted by Crippen LogP contribution is 2.43. The summed E-state index contributed by atoms with van der Waals surface area (Å²) in [5, 5.41) is 0. The number of halogens is 3. The number of fused-ring (bicyclic) bond motifs is 3. The van der Waals surface area contributed by atoms with Crippen LogP contribution < -0.4 is 14.5 Å². The van der Waals surface area contributed by atoms with Crippen molar-refractivity contribution in [2.24, 2.45) is 0 Å². The summed E-state index contributed by atoms with van der Waals surface area (Å²) < 4.78 is 44.8. The first-order valence-electron chi connectivity index (χ1n) is 8.82. The Balaban J connectivity index is 1.76. The van der Waals surface area contributed by atoms with Gasteiger partial charge < -0.3 is 14.5 Å². The molecule has 2 aromatic rings. The Morgan fingerprint density at radius 3 is 2.52 bits per heavy atom.